The smallest absolute Gasteiger partial charge is 0.319 e. The number of amides is 2. The summed E-state index contributed by atoms with van der Waals surface area (Å²) in [7, 11) is -8.13. The number of nitrogens with two attached hydrogens (primary N) is 2. The zero-order valence-electron chi connectivity index (χ0n) is 19.5. The Hall–Kier alpha value is -3.84. The number of nitrogens with one attached hydrogen (secondary N) is 2. The van der Waals surface area contributed by atoms with Crippen LogP contribution in [0.5, 0.6) is 0 Å². The van der Waals surface area contributed by atoms with E-state index in [2.05, 4.69) is 15.6 Å². The number of primary sulfonamides is 2. The lowest BCUT2D eigenvalue weighted by Crippen LogP contribution is -2.42. The molecule has 10 nitrogen and oxygen atoms in total. The number of pyridine rings is 1. The molecule has 0 spiro atoms. The second kappa shape index (κ2) is 10.3. The minimum Gasteiger partial charge on any atom is -0.334 e. The number of benzene rings is 2. The number of anilines is 1. The lowest BCUT2D eigenvalue weighted by Gasteiger charge is -2.36. The molecule has 1 aliphatic carbocycles. The molecule has 0 saturated carbocycles. The summed E-state index contributed by atoms with van der Waals surface area (Å²) in [5.74, 6) is 0. The molecule has 1 aromatic heterocycles. The molecule has 37 heavy (non-hydrogen) atoms. The molecule has 1 atom stereocenters. The maximum atomic E-state index is 13.1. The highest BCUT2D eigenvalue weighted by Crippen LogP contribution is 2.47. The van der Waals surface area contributed by atoms with Crippen molar-refractivity contribution >= 4 is 37.3 Å². The third-order valence-corrected chi connectivity index (χ3v) is 8.53. The topological polar surface area (TPSA) is 174 Å². The number of hydrogen-bond donors (Lipinski definition) is 4. The number of carbonyl (C=O) groups excluding carboxylic acids is 1. The SMILES string of the molecule is NS(=O)(=O)c1ccc(C2=CC=CCC2(c2ccc(NC(=O)NCc3cccnc3)cc2)S(N)(=O)=O)cc1. The van der Waals surface area contributed by atoms with Crippen molar-refractivity contribution in [3.05, 3.63) is 108 Å². The summed E-state index contributed by atoms with van der Waals surface area (Å²) < 4.78 is 47.9. The van der Waals surface area contributed by atoms with E-state index in [-0.39, 0.29) is 17.9 Å². The fourth-order valence-electron chi connectivity index (χ4n) is 4.19. The Labute approximate surface area is 215 Å². The van der Waals surface area contributed by atoms with Crippen LogP contribution in [0.4, 0.5) is 10.5 Å². The van der Waals surface area contributed by atoms with Crippen LogP contribution in [0.2, 0.25) is 0 Å². The number of carbonyl (C=O) groups is 1. The minimum absolute atomic E-state index is 0.0625. The van der Waals surface area contributed by atoms with E-state index in [0.29, 0.717) is 22.4 Å². The zero-order chi connectivity index (χ0) is 26.7. The van der Waals surface area contributed by atoms with Gasteiger partial charge in [0, 0.05) is 24.6 Å². The molecule has 4 rings (SSSR count). The number of urea groups is 1. The molecular weight excluding hydrogens is 514 g/mol. The van der Waals surface area contributed by atoms with Crippen LogP contribution in [0.3, 0.4) is 0 Å². The summed E-state index contributed by atoms with van der Waals surface area (Å²) in [6.07, 6.45) is 8.40. The molecule has 1 unspecified atom stereocenters. The molecule has 2 aromatic carbocycles. The van der Waals surface area contributed by atoms with Gasteiger partial charge in [0.05, 0.1) is 4.90 Å². The molecule has 6 N–H and O–H groups in total. The highest BCUT2D eigenvalue weighted by atomic mass is 32.2. The Bertz CT molecular complexity index is 1570. The molecule has 0 bridgehead atoms. The first kappa shape index (κ1) is 26.2. The van der Waals surface area contributed by atoms with Crippen LogP contribution in [0.15, 0.2) is 96.2 Å². The Kier molecular flexibility index (Phi) is 7.28. The summed E-state index contributed by atoms with van der Waals surface area (Å²) in [5.41, 5.74) is 2.54. The van der Waals surface area contributed by atoms with E-state index < -0.39 is 30.8 Å². The largest absolute Gasteiger partial charge is 0.334 e. The summed E-state index contributed by atoms with van der Waals surface area (Å²) >= 11 is 0. The average molecular weight is 540 g/mol. The van der Waals surface area contributed by atoms with Crippen molar-refractivity contribution in [3.63, 3.8) is 0 Å². The van der Waals surface area contributed by atoms with Gasteiger partial charge in [-0.05, 0) is 59.0 Å². The van der Waals surface area contributed by atoms with Gasteiger partial charge in [-0.3, -0.25) is 4.98 Å². The summed E-state index contributed by atoms with van der Waals surface area (Å²) in [5, 5.41) is 16.4. The fourth-order valence-corrected chi connectivity index (χ4v) is 5.99. The zero-order valence-corrected chi connectivity index (χ0v) is 21.2. The number of allylic oxidation sites excluding steroid dienone is 3. The second-order valence-electron chi connectivity index (χ2n) is 8.40. The highest BCUT2D eigenvalue weighted by molar-refractivity contribution is 7.90. The molecule has 3 aromatic rings. The maximum absolute atomic E-state index is 13.1. The minimum atomic E-state index is -4.22. The third kappa shape index (κ3) is 5.62. The molecule has 0 fully saturated rings. The predicted molar refractivity (Wildman–Crippen MR) is 141 cm³/mol. The van der Waals surface area contributed by atoms with E-state index in [1.54, 1.807) is 61.0 Å². The van der Waals surface area contributed by atoms with E-state index in [0.717, 1.165) is 5.56 Å². The van der Waals surface area contributed by atoms with Gasteiger partial charge in [-0.15, -0.1) is 0 Å². The van der Waals surface area contributed by atoms with Crippen LogP contribution >= 0.6 is 0 Å². The first-order valence-corrected chi connectivity index (χ1v) is 14.2. The molecule has 12 heteroatoms. The van der Waals surface area contributed by atoms with Crippen molar-refractivity contribution in [2.24, 2.45) is 10.3 Å². The molecule has 2 amide bonds. The standard InChI is InChI=1S/C25H25N5O5S2/c26-36(32,33)22-12-6-19(7-13-22)23-5-1-2-14-25(23,37(27,34)35)20-8-10-21(11-9-20)30-24(31)29-17-18-4-3-15-28-16-18/h1-13,15-16H,14,17H2,(H2,26,32,33)(H2,27,34,35)(H2,29,30,31). The Morgan fingerprint density at radius 2 is 1.68 bits per heavy atom. The van der Waals surface area contributed by atoms with Crippen molar-refractivity contribution in [2.75, 3.05) is 5.32 Å². The first-order valence-electron chi connectivity index (χ1n) is 11.1. The second-order valence-corrected chi connectivity index (χ2v) is 11.7. The maximum Gasteiger partial charge on any atom is 0.319 e. The van der Waals surface area contributed by atoms with E-state index in [4.69, 9.17) is 10.3 Å². The van der Waals surface area contributed by atoms with Crippen molar-refractivity contribution in [2.45, 2.75) is 22.6 Å². The van der Waals surface area contributed by atoms with Gasteiger partial charge in [0.25, 0.3) is 0 Å². The average Bonchev–Trinajstić information content (AvgIpc) is 2.87. The summed E-state index contributed by atoms with van der Waals surface area (Å²) in [4.78, 5) is 16.2. The monoisotopic (exact) mass is 539 g/mol. The lowest BCUT2D eigenvalue weighted by atomic mass is 9.80. The van der Waals surface area contributed by atoms with Gasteiger partial charge < -0.3 is 10.6 Å². The van der Waals surface area contributed by atoms with Crippen LogP contribution in [0, 0.1) is 0 Å². The van der Waals surface area contributed by atoms with Gasteiger partial charge in [-0.1, -0.05) is 48.6 Å². The lowest BCUT2D eigenvalue weighted by molar-refractivity contribution is 0.251. The number of rotatable bonds is 7. The normalized spacial score (nSPS) is 17.6. The molecule has 0 aliphatic heterocycles. The van der Waals surface area contributed by atoms with E-state index >= 15 is 0 Å². The van der Waals surface area contributed by atoms with Crippen molar-refractivity contribution in [3.8, 4) is 0 Å². The predicted octanol–water partition coefficient (Wildman–Crippen LogP) is 2.58. The summed E-state index contributed by atoms with van der Waals surface area (Å²) in [6, 6.07) is 15.1. The van der Waals surface area contributed by atoms with Crippen LogP contribution < -0.4 is 20.9 Å². The van der Waals surface area contributed by atoms with E-state index in [1.165, 1.54) is 24.3 Å². The van der Waals surface area contributed by atoms with Crippen LogP contribution in [-0.4, -0.2) is 27.9 Å². The fraction of sp³-hybridized carbons (Fsp3) is 0.120. The van der Waals surface area contributed by atoms with Crippen LogP contribution in [0.1, 0.15) is 23.1 Å². The van der Waals surface area contributed by atoms with Gasteiger partial charge in [0.1, 0.15) is 4.75 Å². The molecule has 0 saturated heterocycles. The number of sulfonamides is 2. The Balaban J connectivity index is 1.62. The Morgan fingerprint density at radius 3 is 2.27 bits per heavy atom. The number of hydrogen-bond acceptors (Lipinski definition) is 6. The van der Waals surface area contributed by atoms with Gasteiger partial charge in [0.2, 0.25) is 20.0 Å². The number of nitrogens with zero attached hydrogens (tertiary/aromatic N) is 1. The third-order valence-electron chi connectivity index (χ3n) is 6.00. The quantitative estimate of drug-likeness (QED) is 0.359. The van der Waals surface area contributed by atoms with Gasteiger partial charge in [0.15, 0.2) is 0 Å². The molecule has 0 radical (unpaired) electrons. The van der Waals surface area contributed by atoms with Gasteiger partial charge in [-0.25, -0.2) is 31.9 Å². The van der Waals surface area contributed by atoms with Gasteiger partial charge in [-0.2, -0.15) is 0 Å². The van der Waals surface area contributed by atoms with Gasteiger partial charge >= 0.3 is 6.03 Å². The van der Waals surface area contributed by atoms with Crippen LogP contribution in [0.25, 0.3) is 5.57 Å². The van der Waals surface area contributed by atoms with Crippen molar-refractivity contribution in [1.82, 2.24) is 10.3 Å². The molecule has 192 valence electrons. The van der Waals surface area contributed by atoms with E-state index in [9.17, 15) is 21.6 Å². The van der Waals surface area contributed by atoms with E-state index in [1.807, 2.05) is 6.07 Å². The molecule has 1 heterocycles. The summed E-state index contributed by atoms with van der Waals surface area (Å²) in [6.45, 7) is 0.289. The number of aromatic nitrogens is 1. The van der Waals surface area contributed by atoms with Crippen LogP contribution in [-0.2, 0) is 31.3 Å². The van der Waals surface area contributed by atoms with Crippen molar-refractivity contribution in [1.29, 1.82) is 0 Å². The first-order chi connectivity index (χ1) is 17.5. The molecular formula is C25H25N5O5S2. The molecule has 1 aliphatic rings. The highest BCUT2D eigenvalue weighted by Gasteiger charge is 2.47. The Morgan fingerprint density at radius 1 is 0.973 bits per heavy atom. The van der Waals surface area contributed by atoms with Crippen molar-refractivity contribution < 1.29 is 21.6 Å².